The van der Waals surface area contributed by atoms with Gasteiger partial charge >= 0.3 is 0 Å². The van der Waals surface area contributed by atoms with Crippen LogP contribution in [0.1, 0.15) is 19.4 Å². The molecule has 0 saturated carbocycles. The lowest BCUT2D eigenvalue weighted by Gasteiger charge is -2.25. The van der Waals surface area contributed by atoms with Crippen molar-refractivity contribution in [3.8, 4) is 11.5 Å². The highest BCUT2D eigenvalue weighted by molar-refractivity contribution is 7.89. The van der Waals surface area contributed by atoms with E-state index < -0.39 is 22.0 Å². The Morgan fingerprint density at radius 1 is 1.14 bits per heavy atom. The first-order chi connectivity index (χ1) is 13.4. The summed E-state index contributed by atoms with van der Waals surface area (Å²) in [5, 5.41) is 2.73. The van der Waals surface area contributed by atoms with Gasteiger partial charge in [-0.2, -0.15) is 4.31 Å². The zero-order chi connectivity index (χ0) is 20.3. The van der Waals surface area contributed by atoms with Crippen molar-refractivity contribution < 1.29 is 22.7 Å². The molecule has 7 nitrogen and oxygen atoms in total. The summed E-state index contributed by atoms with van der Waals surface area (Å²) >= 11 is 0. The zero-order valence-corrected chi connectivity index (χ0v) is 17.0. The minimum atomic E-state index is -3.63. The van der Waals surface area contributed by atoms with Gasteiger partial charge in [0, 0.05) is 18.8 Å². The van der Waals surface area contributed by atoms with E-state index in [-0.39, 0.29) is 11.5 Å². The maximum atomic E-state index is 12.9. The number of rotatable bonds is 6. The predicted molar refractivity (Wildman–Crippen MR) is 106 cm³/mol. The standard InChI is InChI=1S/C20H24N2O5S/c1-4-22(5-2)28(24,25)19-12-15(11-10-14(19)3)21-20(23)18-13-26-16-8-6-7-9-17(16)27-18/h6-12,18H,4-5,13H2,1-3H3,(H,21,23)/t18-/m0/s1. The fraction of sp³-hybridized carbons (Fsp3) is 0.350. The van der Waals surface area contributed by atoms with Crippen LogP contribution in [0, 0.1) is 6.92 Å². The molecule has 8 heteroatoms. The highest BCUT2D eigenvalue weighted by Crippen LogP contribution is 2.31. The van der Waals surface area contributed by atoms with Crippen LogP contribution >= 0.6 is 0 Å². The Morgan fingerprint density at radius 3 is 2.50 bits per heavy atom. The average Bonchev–Trinajstić information content (AvgIpc) is 2.69. The van der Waals surface area contributed by atoms with Gasteiger partial charge < -0.3 is 14.8 Å². The molecule has 0 radical (unpaired) electrons. The van der Waals surface area contributed by atoms with Crippen LogP contribution in [0.3, 0.4) is 0 Å². The Bertz CT molecular complexity index is 970. The van der Waals surface area contributed by atoms with E-state index in [4.69, 9.17) is 9.47 Å². The number of aryl methyl sites for hydroxylation is 1. The Hall–Kier alpha value is -2.58. The van der Waals surface area contributed by atoms with Crippen LogP contribution in [-0.2, 0) is 14.8 Å². The molecule has 0 fully saturated rings. The first-order valence-electron chi connectivity index (χ1n) is 9.17. The van der Waals surface area contributed by atoms with E-state index in [0.717, 1.165) is 0 Å². The molecule has 0 unspecified atom stereocenters. The van der Waals surface area contributed by atoms with Crippen LogP contribution in [0.2, 0.25) is 0 Å². The second-order valence-electron chi connectivity index (χ2n) is 6.42. The Morgan fingerprint density at radius 2 is 1.82 bits per heavy atom. The van der Waals surface area contributed by atoms with E-state index in [1.54, 1.807) is 51.1 Å². The smallest absolute Gasteiger partial charge is 0.269 e. The van der Waals surface area contributed by atoms with Crippen molar-refractivity contribution >= 4 is 21.6 Å². The number of hydrogen-bond donors (Lipinski definition) is 1. The number of carbonyl (C=O) groups is 1. The Balaban J connectivity index is 1.79. The molecular weight excluding hydrogens is 380 g/mol. The summed E-state index contributed by atoms with van der Waals surface area (Å²) in [6.45, 7) is 6.15. The van der Waals surface area contributed by atoms with E-state index >= 15 is 0 Å². The molecule has 1 atom stereocenters. The van der Waals surface area contributed by atoms with Crippen molar-refractivity contribution in [3.05, 3.63) is 48.0 Å². The molecule has 1 aliphatic rings. The molecule has 150 valence electrons. The molecule has 1 amide bonds. The van der Waals surface area contributed by atoms with Gasteiger partial charge in [-0.25, -0.2) is 8.42 Å². The number of nitrogens with zero attached hydrogens (tertiary/aromatic N) is 1. The van der Waals surface area contributed by atoms with Crippen molar-refractivity contribution in [2.24, 2.45) is 0 Å². The van der Waals surface area contributed by atoms with Gasteiger partial charge in [0.05, 0.1) is 4.90 Å². The summed E-state index contributed by atoms with van der Waals surface area (Å²) in [4.78, 5) is 12.8. The molecule has 0 bridgehead atoms. The van der Waals surface area contributed by atoms with Crippen LogP contribution in [0.4, 0.5) is 5.69 Å². The van der Waals surface area contributed by atoms with Crippen LogP contribution in [0.25, 0.3) is 0 Å². The quantitative estimate of drug-likeness (QED) is 0.800. The number of hydrogen-bond acceptors (Lipinski definition) is 5. The second-order valence-corrected chi connectivity index (χ2v) is 8.33. The number of anilines is 1. The van der Waals surface area contributed by atoms with Gasteiger partial charge in [-0.15, -0.1) is 0 Å². The molecular formula is C20H24N2O5S. The van der Waals surface area contributed by atoms with E-state index in [1.165, 1.54) is 10.4 Å². The summed E-state index contributed by atoms with van der Waals surface area (Å²) in [5.41, 5.74) is 1.01. The van der Waals surface area contributed by atoms with Gasteiger partial charge in [-0.1, -0.05) is 32.0 Å². The molecule has 1 N–H and O–H groups in total. The normalized spacial score (nSPS) is 16.1. The van der Waals surface area contributed by atoms with Gasteiger partial charge in [0.15, 0.2) is 11.5 Å². The number of amides is 1. The van der Waals surface area contributed by atoms with Gasteiger partial charge in [0.2, 0.25) is 16.1 Å². The average molecular weight is 404 g/mol. The van der Waals surface area contributed by atoms with E-state index in [1.807, 2.05) is 6.07 Å². The first kappa shape index (κ1) is 20.2. The first-order valence-corrected chi connectivity index (χ1v) is 10.6. The summed E-state index contributed by atoms with van der Waals surface area (Å²) < 4.78 is 38.4. The van der Waals surface area contributed by atoms with Crippen LogP contribution in [-0.4, -0.2) is 44.4 Å². The highest BCUT2D eigenvalue weighted by Gasteiger charge is 2.28. The number of sulfonamides is 1. The third-order valence-corrected chi connectivity index (χ3v) is 6.77. The van der Waals surface area contributed by atoms with E-state index in [2.05, 4.69) is 5.32 Å². The third-order valence-electron chi connectivity index (χ3n) is 4.58. The topological polar surface area (TPSA) is 84.9 Å². The lowest BCUT2D eigenvalue weighted by molar-refractivity contribution is -0.125. The van der Waals surface area contributed by atoms with Gasteiger partial charge in [0.1, 0.15) is 6.61 Å². The van der Waals surface area contributed by atoms with Crippen LogP contribution in [0.15, 0.2) is 47.4 Å². The van der Waals surface area contributed by atoms with E-state index in [0.29, 0.717) is 35.8 Å². The van der Waals surface area contributed by atoms with E-state index in [9.17, 15) is 13.2 Å². The number of carbonyl (C=O) groups excluding carboxylic acids is 1. The van der Waals surface area contributed by atoms with Crippen molar-refractivity contribution in [1.29, 1.82) is 0 Å². The van der Waals surface area contributed by atoms with Crippen LogP contribution < -0.4 is 14.8 Å². The molecule has 2 aromatic carbocycles. The number of nitrogens with one attached hydrogen (secondary N) is 1. The minimum absolute atomic E-state index is 0.0826. The van der Waals surface area contributed by atoms with Crippen LogP contribution in [0.5, 0.6) is 11.5 Å². The third kappa shape index (κ3) is 3.98. The number of fused-ring (bicyclic) bond motifs is 1. The monoisotopic (exact) mass is 404 g/mol. The van der Waals surface area contributed by atoms with Gasteiger partial charge in [-0.05, 0) is 36.8 Å². The molecule has 1 aliphatic heterocycles. The molecule has 0 aromatic heterocycles. The molecule has 1 heterocycles. The van der Waals surface area contributed by atoms with Crippen molar-refractivity contribution in [1.82, 2.24) is 4.31 Å². The Kier molecular flexibility index (Phi) is 5.90. The Labute approximate surface area is 165 Å². The number of benzene rings is 2. The summed E-state index contributed by atoms with van der Waals surface area (Å²) in [6.07, 6.45) is -0.820. The van der Waals surface area contributed by atoms with Crippen molar-refractivity contribution in [2.45, 2.75) is 31.8 Å². The molecule has 3 rings (SSSR count). The zero-order valence-electron chi connectivity index (χ0n) is 16.1. The number of ether oxygens (including phenoxy) is 2. The summed E-state index contributed by atoms with van der Waals surface area (Å²) in [7, 11) is -3.63. The SMILES string of the molecule is CCN(CC)S(=O)(=O)c1cc(NC(=O)[C@@H]2COc3ccccc3O2)ccc1C. The molecule has 0 saturated heterocycles. The number of para-hydroxylation sites is 2. The minimum Gasteiger partial charge on any atom is -0.485 e. The van der Waals surface area contributed by atoms with Gasteiger partial charge in [0.25, 0.3) is 5.91 Å². The summed E-state index contributed by atoms with van der Waals surface area (Å²) in [6, 6.07) is 12.0. The fourth-order valence-electron chi connectivity index (χ4n) is 3.03. The van der Waals surface area contributed by atoms with Gasteiger partial charge in [-0.3, -0.25) is 4.79 Å². The second kappa shape index (κ2) is 8.20. The molecule has 0 spiro atoms. The molecule has 0 aliphatic carbocycles. The van der Waals surface area contributed by atoms with Crippen molar-refractivity contribution in [3.63, 3.8) is 0 Å². The lowest BCUT2D eigenvalue weighted by atomic mass is 10.2. The maximum absolute atomic E-state index is 12.9. The summed E-state index contributed by atoms with van der Waals surface area (Å²) in [5.74, 6) is 0.696. The lowest BCUT2D eigenvalue weighted by Crippen LogP contribution is -2.40. The van der Waals surface area contributed by atoms with Crippen molar-refractivity contribution in [2.75, 3.05) is 25.0 Å². The molecule has 2 aromatic rings. The largest absolute Gasteiger partial charge is 0.485 e. The molecule has 28 heavy (non-hydrogen) atoms. The fourth-order valence-corrected chi connectivity index (χ4v) is 4.74. The predicted octanol–water partition coefficient (Wildman–Crippen LogP) is 2.80. The highest BCUT2D eigenvalue weighted by atomic mass is 32.2. The maximum Gasteiger partial charge on any atom is 0.269 e.